The standard InChI is InChI=1S/C9H12BrN3O2/c1-13-7(10)6-5(12-13)3-2-4-9(6,11)8(14)15/h2-4,11H2,1H3,(H,14,15). The van der Waals surface area contributed by atoms with E-state index in [0.29, 0.717) is 16.6 Å². The van der Waals surface area contributed by atoms with Gasteiger partial charge in [0.2, 0.25) is 0 Å². The van der Waals surface area contributed by atoms with E-state index >= 15 is 0 Å². The van der Waals surface area contributed by atoms with E-state index in [4.69, 9.17) is 5.73 Å². The van der Waals surface area contributed by atoms with Crippen LogP contribution in [0.3, 0.4) is 0 Å². The van der Waals surface area contributed by atoms with Crippen molar-refractivity contribution >= 4 is 21.9 Å². The van der Waals surface area contributed by atoms with Crippen molar-refractivity contribution in [3.05, 3.63) is 15.9 Å². The number of carboxylic acids is 1. The smallest absolute Gasteiger partial charge is 0.328 e. The van der Waals surface area contributed by atoms with Crippen molar-refractivity contribution in [3.63, 3.8) is 0 Å². The summed E-state index contributed by atoms with van der Waals surface area (Å²) in [5.41, 5.74) is 6.07. The van der Waals surface area contributed by atoms with Crippen LogP contribution in [0.5, 0.6) is 0 Å². The molecule has 5 nitrogen and oxygen atoms in total. The van der Waals surface area contributed by atoms with Gasteiger partial charge < -0.3 is 10.8 Å². The topological polar surface area (TPSA) is 81.1 Å². The number of halogens is 1. The van der Waals surface area contributed by atoms with Crippen molar-refractivity contribution in [2.24, 2.45) is 12.8 Å². The highest BCUT2D eigenvalue weighted by Crippen LogP contribution is 2.37. The summed E-state index contributed by atoms with van der Waals surface area (Å²) < 4.78 is 2.29. The van der Waals surface area contributed by atoms with Crippen LogP contribution in [0, 0.1) is 0 Å². The number of hydrogen-bond donors (Lipinski definition) is 2. The van der Waals surface area contributed by atoms with Crippen molar-refractivity contribution in [1.82, 2.24) is 9.78 Å². The quantitative estimate of drug-likeness (QED) is 0.792. The fraction of sp³-hybridized carbons (Fsp3) is 0.556. The number of carbonyl (C=O) groups is 1. The fourth-order valence-electron chi connectivity index (χ4n) is 2.05. The molecule has 0 radical (unpaired) electrons. The lowest BCUT2D eigenvalue weighted by Gasteiger charge is -2.28. The molecule has 82 valence electrons. The van der Waals surface area contributed by atoms with E-state index in [-0.39, 0.29) is 0 Å². The third-order valence-electron chi connectivity index (χ3n) is 2.86. The number of aryl methyl sites for hydroxylation is 2. The fourth-order valence-corrected chi connectivity index (χ4v) is 2.71. The molecule has 0 spiro atoms. The highest BCUT2D eigenvalue weighted by atomic mass is 79.9. The zero-order chi connectivity index (χ0) is 11.2. The van der Waals surface area contributed by atoms with Crippen LogP contribution in [-0.2, 0) is 23.8 Å². The Morgan fingerprint density at radius 1 is 1.73 bits per heavy atom. The number of aromatic nitrogens is 2. The first-order valence-corrected chi connectivity index (χ1v) is 5.50. The Morgan fingerprint density at radius 3 is 3.00 bits per heavy atom. The molecule has 0 saturated heterocycles. The maximum absolute atomic E-state index is 11.2. The third kappa shape index (κ3) is 1.39. The van der Waals surface area contributed by atoms with Gasteiger partial charge in [0.15, 0.2) is 0 Å². The minimum absolute atomic E-state index is 0.458. The molecule has 0 aliphatic heterocycles. The highest BCUT2D eigenvalue weighted by molar-refractivity contribution is 9.10. The van der Waals surface area contributed by atoms with Crippen molar-refractivity contribution < 1.29 is 9.90 Å². The van der Waals surface area contributed by atoms with Crippen LogP contribution in [0.25, 0.3) is 0 Å². The van der Waals surface area contributed by atoms with Gasteiger partial charge in [-0.3, -0.25) is 4.68 Å². The lowest BCUT2D eigenvalue weighted by atomic mass is 9.81. The molecule has 1 aromatic heterocycles. The van der Waals surface area contributed by atoms with Crippen LogP contribution in [0.4, 0.5) is 0 Å². The molecule has 1 aromatic rings. The molecule has 15 heavy (non-hydrogen) atoms. The summed E-state index contributed by atoms with van der Waals surface area (Å²) in [5, 5.41) is 13.5. The van der Waals surface area contributed by atoms with Gasteiger partial charge in [0, 0.05) is 12.6 Å². The Kier molecular flexibility index (Phi) is 2.35. The first kappa shape index (κ1) is 10.6. The molecule has 0 fully saturated rings. The van der Waals surface area contributed by atoms with Gasteiger partial charge in [-0.2, -0.15) is 5.10 Å². The number of nitrogens with two attached hydrogens (primary N) is 1. The average molecular weight is 274 g/mol. The average Bonchev–Trinajstić information content (AvgIpc) is 2.44. The number of rotatable bonds is 1. The molecule has 1 unspecified atom stereocenters. The third-order valence-corrected chi connectivity index (χ3v) is 3.77. The molecule has 0 bridgehead atoms. The van der Waals surface area contributed by atoms with E-state index in [1.54, 1.807) is 11.7 Å². The van der Waals surface area contributed by atoms with Gasteiger partial charge in [-0.25, -0.2) is 4.79 Å². The second-order valence-electron chi connectivity index (χ2n) is 3.87. The predicted octanol–water partition coefficient (Wildman–Crippen LogP) is 0.757. The molecule has 1 aliphatic carbocycles. The van der Waals surface area contributed by atoms with Gasteiger partial charge in [-0.1, -0.05) is 0 Å². The SMILES string of the molecule is Cn1nc2c(c1Br)C(N)(C(=O)O)CCC2. The van der Waals surface area contributed by atoms with Gasteiger partial charge in [-0.05, 0) is 35.2 Å². The molecule has 2 rings (SSSR count). The summed E-state index contributed by atoms with van der Waals surface area (Å²) in [4.78, 5) is 11.2. The Morgan fingerprint density at radius 2 is 2.40 bits per heavy atom. The van der Waals surface area contributed by atoms with E-state index in [9.17, 15) is 9.90 Å². The van der Waals surface area contributed by atoms with Gasteiger partial charge in [-0.15, -0.1) is 0 Å². The zero-order valence-corrected chi connectivity index (χ0v) is 9.91. The molecule has 0 saturated carbocycles. The monoisotopic (exact) mass is 273 g/mol. The Bertz CT molecular complexity index is 429. The van der Waals surface area contributed by atoms with Gasteiger partial charge in [0.1, 0.15) is 10.1 Å². The number of aliphatic carboxylic acids is 1. The van der Waals surface area contributed by atoms with Crippen LogP contribution in [0.2, 0.25) is 0 Å². The lowest BCUT2D eigenvalue weighted by Crippen LogP contribution is -2.47. The number of fused-ring (bicyclic) bond motifs is 1. The van der Waals surface area contributed by atoms with E-state index in [1.807, 2.05) is 0 Å². The first-order chi connectivity index (χ1) is 6.97. The Labute approximate surface area is 95.4 Å². The molecule has 0 amide bonds. The van der Waals surface area contributed by atoms with Crippen LogP contribution < -0.4 is 5.73 Å². The van der Waals surface area contributed by atoms with E-state index < -0.39 is 11.5 Å². The predicted molar refractivity (Wildman–Crippen MR) is 57.3 cm³/mol. The molecule has 6 heteroatoms. The second kappa shape index (κ2) is 3.31. The molecular formula is C9H12BrN3O2. The second-order valence-corrected chi connectivity index (χ2v) is 4.62. The summed E-state index contributed by atoms with van der Waals surface area (Å²) in [5.74, 6) is -0.989. The number of hydrogen-bond acceptors (Lipinski definition) is 3. The molecular weight excluding hydrogens is 262 g/mol. The van der Waals surface area contributed by atoms with Crippen molar-refractivity contribution in [3.8, 4) is 0 Å². The molecule has 1 aliphatic rings. The number of carboxylic acid groups (broad SMARTS) is 1. The zero-order valence-electron chi connectivity index (χ0n) is 8.33. The van der Waals surface area contributed by atoms with Gasteiger partial charge in [0.25, 0.3) is 0 Å². The summed E-state index contributed by atoms with van der Waals surface area (Å²) in [6.45, 7) is 0. The Balaban J connectivity index is 2.64. The van der Waals surface area contributed by atoms with Crippen LogP contribution >= 0.6 is 15.9 Å². The van der Waals surface area contributed by atoms with Crippen molar-refractivity contribution in [2.75, 3.05) is 0 Å². The lowest BCUT2D eigenvalue weighted by molar-refractivity contribution is -0.144. The normalized spacial score (nSPS) is 25.0. The maximum atomic E-state index is 11.2. The highest BCUT2D eigenvalue weighted by Gasteiger charge is 2.43. The molecule has 3 N–H and O–H groups in total. The van der Waals surface area contributed by atoms with Crippen molar-refractivity contribution in [2.45, 2.75) is 24.8 Å². The summed E-state index contributed by atoms with van der Waals surface area (Å²) in [6.07, 6.45) is 2.01. The minimum atomic E-state index is -1.29. The largest absolute Gasteiger partial charge is 0.480 e. The molecule has 1 atom stereocenters. The van der Waals surface area contributed by atoms with Gasteiger partial charge in [0.05, 0.1) is 5.69 Å². The summed E-state index contributed by atoms with van der Waals surface area (Å²) >= 11 is 3.34. The Hall–Kier alpha value is -0.880. The number of nitrogens with zero attached hydrogens (tertiary/aromatic N) is 2. The molecule has 0 aromatic carbocycles. The maximum Gasteiger partial charge on any atom is 0.328 e. The van der Waals surface area contributed by atoms with Crippen LogP contribution in [-0.4, -0.2) is 20.9 Å². The first-order valence-electron chi connectivity index (χ1n) is 4.71. The van der Waals surface area contributed by atoms with Gasteiger partial charge >= 0.3 is 5.97 Å². The summed E-state index contributed by atoms with van der Waals surface area (Å²) in [7, 11) is 1.77. The summed E-state index contributed by atoms with van der Waals surface area (Å²) in [6, 6.07) is 0. The van der Waals surface area contributed by atoms with Crippen molar-refractivity contribution in [1.29, 1.82) is 0 Å². The van der Waals surface area contributed by atoms with Crippen LogP contribution in [0.1, 0.15) is 24.1 Å². The minimum Gasteiger partial charge on any atom is -0.480 e. The van der Waals surface area contributed by atoms with E-state index in [2.05, 4.69) is 21.0 Å². The van der Waals surface area contributed by atoms with E-state index in [0.717, 1.165) is 18.5 Å². The van der Waals surface area contributed by atoms with E-state index in [1.165, 1.54) is 0 Å². The van der Waals surface area contributed by atoms with Crippen LogP contribution in [0.15, 0.2) is 4.60 Å². The molecule has 1 heterocycles.